The van der Waals surface area contributed by atoms with E-state index in [9.17, 15) is 22.4 Å². The summed E-state index contributed by atoms with van der Waals surface area (Å²) in [5.41, 5.74) is 5.69. The summed E-state index contributed by atoms with van der Waals surface area (Å²) in [4.78, 5) is 22.5. The first kappa shape index (κ1) is 24.6. The number of esters is 1. The number of benzene rings is 1. The number of ether oxygens (including phenoxy) is 1. The lowest BCUT2D eigenvalue weighted by Gasteiger charge is -2.26. The highest BCUT2D eigenvalue weighted by Crippen LogP contribution is 2.25. The lowest BCUT2D eigenvalue weighted by Crippen LogP contribution is -2.44. The largest absolute Gasteiger partial charge is 0.455 e. The van der Waals surface area contributed by atoms with E-state index in [1.807, 2.05) is 0 Å². The predicted octanol–water partition coefficient (Wildman–Crippen LogP) is 2.06. The predicted molar refractivity (Wildman–Crippen MR) is 105 cm³/mol. The lowest BCUT2D eigenvalue weighted by atomic mass is 10.0. The Hall–Kier alpha value is -1.42. The molecule has 158 valence electrons. The molecule has 1 aromatic carbocycles. The molecule has 1 rings (SSSR count). The van der Waals surface area contributed by atoms with Gasteiger partial charge < -0.3 is 15.8 Å². The maximum absolute atomic E-state index is 13.6. The second-order valence-corrected chi connectivity index (χ2v) is 9.18. The molecule has 3 N–H and O–H groups in total. The Morgan fingerprint density at radius 1 is 1.21 bits per heavy atom. The van der Waals surface area contributed by atoms with Gasteiger partial charge in [-0.25, -0.2) is 12.8 Å². The molecule has 0 radical (unpaired) electrons. The van der Waals surface area contributed by atoms with Gasteiger partial charge in [-0.3, -0.25) is 9.59 Å². The number of alkyl halides is 3. The summed E-state index contributed by atoms with van der Waals surface area (Å²) in [6, 6.07) is 4.14. The number of nitrogens with one attached hydrogen (secondary N) is 1. The van der Waals surface area contributed by atoms with Crippen LogP contribution >= 0.6 is 23.2 Å². The summed E-state index contributed by atoms with van der Waals surface area (Å²) in [6.07, 6.45) is 1.03. The molecule has 0 unspecified atom stereocenters. The van der Waals surface area contributed by atoms with Gasteiger partial charge in [0.2, 0.25) is 0 Å². The first-order chi connectivity index (χ1) is 13.1. The van der Waals surface area contributed by atoms with Crippen molar-refractivity contribution >= 4 is 44.9 Å². The average Bonchev–Trinajstić information content (AvgIpc) is 2.63. The first-order valence-corrected chi connectivity index (χ1v) is 11.2. The number of halogens is 3. The molecule has 1 amide bonds. The normalized spacial score (nSPS) is 13.8. The van der Waals surface area contributed by atoms with Gasteiger partial charge in [0.25, 0.3) is 5.91 Å². The van der Waals surface area contributed by atoms with Crippen molar-refractivity contribution < 1.29 is 27.1 Å². The van der Waals surface area contributed by atoms with E-state index in [2.05, 4.69) is 5.32 Å². The molecule has 0 aliphatic carbocycles. The van der Waals surface area contributed by atoms with Crippen LogP contribution in [0.5, 0.6) is 0 Å². The molecular formula is C17H23Cl2FN2O5S. The van der Waals surface area contributed by atoms with Crippen molar-refractivity contribution in [2.45, 2.75) is 41.1 Å². The zero-order valence-electron chi connectivity index (χ0n) is 15.2. The molecule has 0 aromatic heterocycles. The Bertz CT molecular complexity index is 759. The standard InChI is InChI=1S/C17H23Cl2FN2O5S/c1-28(25,26)12-7-5-11(6-8-12)15(27-14(23)4-2-3-9-21)13(10-20)22-17(24)16(18)19/h5-8,13,15-16H,2-4,9-10,21H2,1H3,(H,22,24)/t13-,15-/m1/s1. The van der Waals surface area contributed by atoms with Crippen LogP contribution in [0, 0.1) is 0 Å². The van der Waals surface area contributed by atoms with Crippen LogP contribution in [-0.4, -0.2) is 50.6 Å². The van der Waals surface area contributed by atoms with Gasteiger partial charge in [0, 0.05) is 12.7 Å². The second-order valence-electron chi connectivity index (χ2n) is 6.07. The highest BCUT2D eigenvalue weighted by atomic mass is 35.5. The molecule has 0 aliphatic heterocycles. The fourth-order valence-electron chi connectivity index (χ4n) is 2.34. The van der Waals surface area contributed by atoms with E-state index in [0.29, 0.717) is 24.9 Å². The van der Waals surface area contributed by atoms with E-state index in [1.165, 1.54) is 24.3 Å². The van der Waals surface area contributed by atoms with Crippen LogP contribution in [0.2, 0.25) is 0 Å². The maximum Gasteiger partial charge on any atom is 0.306 e. The molecule has 28 heavy (non-hydrogen) atoms. The van der Waals surface area contributed by atoms with Crippen LogP contribution in [0.15, 0.2) is 29.2 Å². The van der Waals surface area contributed by atoms with Crippen molar-refractivity contribution in [1.82, 2.24) is 5.32 Å². The first-order valence-electron chi connectivity index (χ1n) is 8.44. The third-order valence-electron chi connectivity index (χ3n) is 3.79. The van der Waals surface area contributed by atoms with Crippen LogP contribution in [0.4, 0.5) is 4.39 Å². The van der Waals surface area contributed by atoms with Crippen LogP contribution < -0.4 is 11.1 Å². The topological polar surface area (TPSA) is 116 Å². The Labute approximate surface area is 173 Å². The molecule has 0 fully saturated rings. The van der Waals surface area contributed by atoms with E-state index in [1.54, 1.807) is 0 Å². The van der Waals surface area contributed by atoms with Gasteiger partial charge in [-0.05, 0) is 37.1 Å². The number of unbranched alkanes of at least 4 members (excludes halogenated alkanes) is 1. The van der Waals surface area contributed by atoms with Crippen molar-refractivity contribution in [3.8, 4) is 0 Å². The van der Waals surface area contributed by atoms with E-state index in [4.69, 9.17) is 33.7 Å². The van der Waals surface area contributed by atoms with E-state index >= 15 is 0 Å². The molecule has 0 saturated carbocycles. The molecule has 0 aliphatic rings. The van der Waals surface area contributed by atoms with Crippen LogP contribution in [-0.2, 0) is 24.2 Å². The third kappa shape index (κ3) is 7.90. The molecule has 1 aromatic rings. The third-order valence-corrected chi connectivity index (χ3v) is 5.31. The highest BCUT2D eigenvalue weighted by molar-refractivity contribution is 7.90. The van der Waals surface area contributed by atoms with Gasteiger partial charge in [0.05, 0.1) is 10.9 Å². The minimum Gasteiger partial charge on any atom is -0.455 e. The van der Waals surface area contributed by atoms with E-state index in [0.717, 1.165) is 6.26 Å². The smallest absolute Gasteiger partial charge is 0.306 e. The fraction of sp³-hybridized carbons (Fsp3) is 0.529. The lowest BCUT2D eigenvalue weighted by molar-refractivity contribution is -0.152. The van der Waals surface area contributed by atoms with Crippen molar-refractivity contribution in [2.24, 2.45) is 5.73 Å². The van der Waals surface area contributed by atoms with Gasteiger partial charge in [-0.1, -0.05) is 35.3 Å². The van der Waals surface area contributed by atoms with Gasteiger partial charge >= 0.3 is 5.97 Å². The van der Waals surface area contributed by atoms with Crippen LogP contribution in [0.3, 0.4) is 0 Å². The van der Waals surface area contributed by atoms with Crippen molar-refractivity contribution in [3.63, 3.8) is 0 Å². The van der Waals surface area contributed by atoms with Crippen molar-refractivity contribution in [1.29, 1.82) is 0 Å². The number of amides is 1. The quantitative estimate of drug-likeness (QED) is 0.299. The molecule has 0 spiro atoms. The Balaban J connectivity index is 3.11. The number of nitrogens with two attached hydrogens (primary N) is 1. The highest BCUT2D eigenvalue weighted by Gasteiger charge is 2.30. The summed E-state index contributed by atoms with van der Waals surface area (Å²) < 4.78 is 42.2. The molecule has 0 bridgehead atoms. The molecular weight excluding hydrogens is 434 g/mol. The second kappa shape index (κ2) is 11.5. The summed E-state index contributed by atoms with van der Waals surface area (Å²) in [5, 5.41) is 2.29. The Kier molecular flexibility index (Phi) is 10.2. The molecule has 11 heteroatoms. The number of hydrogen-bond donors (Lipinski definition) is 2. The Morgan fingerprint density at radius 3 is 2.29 bits per heavy atom. The minimum absolute atomic E-state index is 0.0479. The Morgan fingerprint density at radius 2 is 1.82 bits per heavy atom. The monoisotopic (exact) mass is 456 g/mol. The molecule has 0 saturated heterocycles. The maximum atomic E-state index is 13.6. The molecule has 7 nitrogen and oxygen atoms in total. The summed E-state index contributed by atoms with van der Waals surface area (Å²) in [6.45, 7) is -0.652. The fourth-order valence-corrected chi connectivity index (χ4v) is 3.10. The van der Waals surface area contributed by atoms with Gasteiger partial charge in [-0.2, -0.15) is 0 Å². The summed E-state index contributed by atoms with van der Waals surface area (Å²) in [7, 11) is -3.44. The van der Waals surface area contributed by atoms with Gasteiger partial charge in [0.15, 0.2) is 14.7 Å². The van der Waals surface area contributed by atoms with Gasteiger partial charge in [0.1, 0.15) is 12.8 Å². The van der Waals surface area contributed by atoms with E-state index in [-0.39, 0.29) is 11.3 Å². The number of carbonyl (C=O) groups is 2. The zero-order valence-corrected chi connectivity index (χ0v) is 17.6. The number of sulfone groups is 1. The minimum atomic E-state index is -3.44. The number of hydrogen-bond acceptors (Lipinski definition) is 6. The van der Waals surface area contributed by atoms with Crippen LogP contribution in [0.25, 0.3) is 0 Å². The summed E-state index contributed by atoms with van der Waals surface area (Å²) >= 11 is 11.0. The molecule has 0 heterocycles. The molecule has 2 atom stereocenters. The zero-order chi connectivity index (χ0) is 21.3. The van der Waals surface area contributed by atoms with Crippen molar-refractivity contribution in [2.75, 3.05) is 19.5 Å². The average molecular weight is 457 g/mol. The summed E-state index contributed by atoms with van der Waals surface area (Å²) in [5.74, 6) is -1.45. The number of rotatable bonds is 11. The van der Waals surface area contributed by atoms with Crippen LogP contribution in [0.1, 0.15) is 30.9 Å². The van der Waals surface area contributed by atoms with Crippen molar-refractivity contribution in [3.05, 3.63) is 29.8 Å². The number of carbonyl (C=O) groups excluding carboxylic acids is 2. The van der Waals surface area contributed by atoms with E-state index < -0.39 is 45.4 Å². The van der Waals surface area contributed by atoms with Gasteiger partial charge in [-0.15, -0.1) is 0 Å². The SMILES string of the molecule is CS(=O)(=O)c1ccc([C@@H](OC(=O)CCCCN)[C@@H](CF)NC(=O)C(Cl)Cl)cc1.